The molecule has 4 aromatic rings. The van der Waals surface area contributed by atoms with Crippen LogP contribution in [0.2, 0.25) is 0 Å². The highest BCUT2D eigenvalue weighted by Gasteiger charge is 2.06. The Kier molecular flexibility index (Phi) is 4.35. The van der Waals surface area contributed by atoms with Crippen LogP contribution in [0.15, 0.2) is 71.8 Å². The van der Waals surface area contributed by atoms with E-state index in [4.69, 9.17) is 4.74 Å². The molecule has 0 aliphatic rings. The monoisotopic (exact) mass is 348 g/mol. The highest BCUT2D eigenvalue weighted by Crippen LogP contribution is 2.25. The predicted octanol–water partition coefficient (Wildman–Crippen LogP) is 4.16. The molecule has 0 fully saturated rings. The van der Waals surface area contributed by atoms with Crippen molar-refractivity contribution < 1.29 is 9.13 Å². The molecule has 0 amide bonds. The predicted molar refractivity (Wildman–Crippen MR) is 100 cm³/mol. The molecule has 5 heteroatoms. The average molecular weight is 348 g/mol. The smallest absolute Gasteiger partial charge is 0.261 e. The van der Waals surface area contributed by atoms with Crippen LogP contribution in [0.3, 0.4) is 0 Å². The van der Waals surface area contributed by atoms with Crippen molar-refractivity contribution in [2.45, 2.75) is 13.0 Å². The summed E-state index contributed by atoms with van der Waals surface area (Å²) in [5.74, 6) is 0.438. The van der Waals surface area contributed by atoms with Gasteiger partial charge in [-0.2, -0.15) is 0 Å². The number of aryl methyl sites for hydroxylation is 1. The minimum Gasteiger partial charge on any atom is -0.493 e. The number of fused-ring (bicyclic) bond motifs is 2. The number of benzene rings is 3. The van der Waals surface area contributed by atoms with Crippen molar-refractivity contribution >= 4 is 21.7 Å². The van der Waals surface area contributed by atoms with Crippen molar-refractivity contribution in [3.8, 4) is 5.75 Å². The summed E-state index contributed by atoms with van der Waals surface area (Å²) >= 11 is 0. The standard InChI is InChI=1S/C21H17FN2O2/c22-16-9-10-18-19(13-16)23-14-24(21(18)25)11-4-12-26-20-8-3-6-15-5-1-2-7-17(15)20/h1-3,5-10,13-14H,4,11-12H2. The van der Waals surface area contributed by atoms with Gasteiger partial charge in [0.15, 0.2) is 0 Å². The normalized spacial score (nSPS) is 11.1. The lowest BCUT2D eigenvalue weighted by Crippen LogP contribution is -2.21. The number of ether oxygens (including phenoxy) is 1. The number of halogens is 1. The van der Waals surface area contributed by atoms with Gasteiger partial charge >= 0.3 is 0 Å². The molecule has 1 heterocycles. The summed E-state index contributed by atoms with van der Waals surface area (Å²) < 4.78 is 20.7. The van der Waals surface area contributed by atoms with E-state index in [-0.39, 0.29) is 5.56 Å². The maximum atomic E-state index is 13.2. The van der Waals surface area contributed by atoms with Gasteiger partial charge in [0.1, 0.15) is 11.6 Å². The molecule has 0 aliphatic carbocycles. The topological polar surface area (TPSA) is 44.1 Å². The van der Waals surface area contributed by atoms with Crippen LogP contribution in [0, 0.1) is 5.82 Å². The third-order valence-electron chi connectivity index (χ3n) is 4.34. The van der Waals surface area contributed by atoms with Gasteiger partial charge in [0.05, 0.1) is 23.8 Å². The van der Waals surface area contributed by atoms with Crippen molar-refractivity contribution in [3.05, 3.63) is 83.2 Å². The summed E-state index contributed by atoms with van der Waals surface area (Å²) in [4.78, 5) is 16.6. The van der Waals surface area contributed by atoms with Crippen LogP contribution in [-0.4, -0.2) is 16.2 Å². The first-order chi connectivity index (χ1) is 12.7. The molecule has 0 saturated carbocycles. The first-order valence-corrected chi connectivity index (χ1v) is 8.48. The molecule has 130 valence electrons. The molecule has 4 rings (SSSR count). The molecule has 26 heavy (non-hydrogen) atoms. The average Bonchev–Trinajstić information content (AvgIpc) is 2.66. The lowest BCUT2D eigenvalue weighted by atomic mass is 10.1. The molecule has 0 spiro atoms. The van der Waals surface area contributed by atoms with Gasteiger partial charge in [-0.3, -0.25) is 9.36 Å². The molecule has 3 aromatic carbocycles. The molecule has 1 aromatic heterocycles. The quantitative estimate of drug-likeness (QED) is 0.509. The third-order valence-corrected chi connectivity index (χ3v) is 4.34. The van der Waals surface area contributed by atoms with Crippen LogP contribution in [0.4, 0.5) is 4.39 Å². The van der Waals surface area contributed by atoms with Crippen LogP contribution in [0.5, 0.6) is 5.75 Å². The van der Waals surface area contributed by atoms with E-state index in [9.17, 15) is 9.18 Å². The molecular formula is C21H17FN2O2. The Labute approximate surface area is 149 Å². The van der Waals surface area contributed by atoms with Crippen LogP contribution in [0.1, 0.15) is 6.42 Å². The van der Waals surface area contributed by atoms with Crippen molar-refractivity contribution in [1.82, 2.24) is 9.55 Å². The fourth-order valence-electron chi connectivity index (χ4n) is 3.03. The van der Waals surface area contributed by atoms with Crippen LogP contribution >= 0.6 is 0 Å². The number of aromatic nitrogens is 2. The van der Waals surface area contributed by atoms with Crippen LogP contribution in [0.25, 0.3) is 21.7 Å². The third kappa shape index (κ3) is 3.16. The van der Waals surface area contributed by atoms with E-state index in [2.05, 4.69) is 4.98 Å². The second-order valence-electron chi connectivity index (χ2n) is 6.08. The summed E-state index contributed by atoms with van der Waals surface area (Å²) in [6.45, 7) is 0.978. The molecular weight excluding hydrogens is 331 g/mol. The zero-order valence-corrected chi connectivity index (χ0v) is 14.1. The van der Waals surface area contributed by atoms with E-state index in [1.165, 1.54) is 29.1 Å². The lowest BCUT2D eigenvalue weighted by Gasteiger charge is -2.10. The molecule has 0 bridgehead atoms. The Morgan fingerprint density at radius 3 is 2.77 bits per heavy atom. The Hall–Kier alpha value is -3.21. The molecule has 4 nitrogen and oxygen atoms in total. The zero-order valence-electron chi connectivity index (χ0n) is 14.1. The lowest BCUT2D eigenvalue weighted by molar-refractivity contribution is 0.304. The Morgan fingerprint density at radius 1 is 1.00 bits per heavy atom. The van der Waals surface area contributed by atoms with Gasteiger partial charge in [0, 0.05) is 18.0 Å². The van der Waals surface area contributed by atoms with E-state index < -0.39 is 5.82 Å². The van der Waals surface area contributed by atoms with Crippen molar-refractivity contribution in [2.24, 2.45) is 0 Å². The second kappa shape index (κ2) is 6.96. The fraction of sp³-hybridized carbons (Fsp3) is 0.143. The molecule has 0 N–H and O–H groups in total. The van der Waals surface area contributed by atoms with Crippen LogP contribution < -0.4 is 10.3 Å². The molecule has 0 aliphatic heterocycles. The summed E-state index contributed by atoms with van der Waals surface area (Å²) in [7, 11) is 0. The minimum atomic E-state index is -0.398. The van der Waals surface area contributed by atoms with Crippen molar-refractivity contribution in [3.63, 3.8) is 0 Å². The van der Waals surface area contributed by atoms with E-state index in [1.54, 1.807) is 0 Å². The summed E-state index contributed by atoms with van der Waals surface area (Å²) in [5.41, 5.74) is 0.207. The second-order valence-corrected chi connectivity index (χ2v) is 6.08. The maximum absolute atomic E-state index is 13.2. The summed E-state index contributed by atoms with van der Waals surface area (Å²) in [6.07, 6.45) is 2.12. The first-order valence-electron chi connectivity index (χ1n) is 8.48. The van der Waals surface area contributed by atoms with Crippen molar-refractivity contribution in [2.75, 3.05) is 6.61 Å². The van der Waals surface area contributed by atoms with Gasteiger partial charge in [-0.25, -0.2) is 9.37 Å². The SMILES string of the molecule is O=c1c2ccc(F)cc2ncn1CCCOc1cccc2ccccc12. The molecule has 0 radical (unpaired) electrons. The highest BCUT2D eigenvalue weighted by molar-refractivity contribution is 5.88. The van der Waals surface area contributed by atoms with Gasteiger partial charge in [0.25, 0.3) is 5.56 Å². The van der Waals surface area contributed by atoms with E-state index in [1.807, 2.05) is 42.5 Å². The Balaban J connectivity index is 1.45. The molecule has 0 unspecified atom stereocenters. The number of hydrogen-bond acceptors (Lipinski definition) is 3. The van der Waals surface area contributed by atoms with Crippen molar-refractivity contribution in [1.29, 1.82) is 0 Å². The Morgan fingerprint density at radius 2 is 1.85 bits per heavy atom. The first kappa shape index (κ1) is 16.3. The Bertz CT molecular complexity index is 1130. The van der Waals surface area contributed by atoms with Gasteiger partial charge in [-0.15, -0.1) is 0 Å². The van der Waals surface area contributed by atoms with Crippen LogP contribution in [-0.2, 0) is 6.54 Å². The molecule has 0 saturated heterocycles. The zero-order chi connectivity index (χ0) is 17.9. The number of hydrogen-bond donors (Lipinski definition) is 0. The fourth-order valence-corrected chi connectivity index (χ4v) is 3.03. The largest absolute Gasteiger partial charge is 0.493 e. The van der Waals surface area contributed by atoms with Gasteiger partial charge in [-0.1, -0.05) is 36.4 Å². The highest BCUT2D eigenvalue weighted by atomic mass is 19.1. The van der Waals surface area contributed by atoms with E-state index in [0.29, 0.717) is 30.5 Å². The van der Waals surface area contributed by atoms with E-state index in [0.717, 1.165) is 16.5 Å². The van der Waals surface area contributed by atoms with Gasteiger partial charge in [-0.05, 0) is 30.0 Å². The summed E-state index contributed by atoms with van der Waals surface area (Å²) in [6, 6.07) is 18.0. The minimum absolute atomic E-state index is 0.167. The maximum Gasteiger partial charge on any atom is 0.261 e. The van der Waals surface area contributed by atoms with E-state index >= 15 is 0 Å². The summed E-state index contributed by atoms with van der Waals surface area (Å²) in [5, 5.41) is 2.62. The van der Waals surface area contributed by atoms with Gasteiger partial charge < -0.3 is 4.74 Å². The number of nitrogens with zero attached hydrogens (tertiary/aromatic N) is 2. The van der Waals surface area contributed by atoms with Gasteiger partial charge in [0.2, 0.25) is 0 Å². The number of rotatable bonds is 5. The molecule has 0 atom stereocenters.